The fourth-order valence-electron chi connectivity index (χ4n) is 1.86. The maximum atomic E-state index is 12.0. The second-order valence-electron chi connectivity index (χ2n) is 4.56. The predicted molar refractivity (Wildman–Crippen MR) is 82.6 cm³/mol. The van der Waals surface area contributed by atoms with E-state index in [1.165, 1.54) is 0 Å². The van der Waals surface area contributed by atoms with Gasteiger partial charge in [-0.25, -0.2) is 9.97 Å². The lowest BCUT2D eigenvalue weighted by Gasteiger charge is -2.04. The first-order valence-corrected chi connectivity index (χ1v) is 8.02. The van der Waals surface area contributed by atoms with Crippen LogP contribution in [0.3, 0.4) is 0 Å². The lowest BCUT2D eigenvalue weighted by atomic mass is 10.3. The highest BCUT2D eigenvalue weighted by Gasteiger charge is 2.05. The van der Waals surface area contributed by atoms with E-state index >= 15 is 0 Å². The number of hydrogen-bond acceptors (Lipinski definition) is 5. The predicted octanol–water partition coefficient (Wildman–Crippen LogP) is 3.06. The van der Waals surface area contributed by atoms with Gasteiger partial charge in [0, 0.05) is 29.1 Å². The number of fused-ring (bicyclic) bond motifs is 1. The standard InChI is InChI=1S/C14H13N3OS2/c1-9-3-4-17-12(5-9)16-11(6-13(17)18)8-20-14-15-10(2)7-19-14/h3-7H,8H2,1-2H3. The Morgan fingerprint density at radius 1 is 1.30 bits per heavy atom. The van der Waals surface area contributed by atoms with Gasteiger partial charge in [-0.1, -0.05) is 11.8 Å². The molecule has 0 spiro atoms. The van der Waals surface area contributed by atoms with Crippen LogP contribution in [0.2, 0.25) is 0 Å². The Labute approximate surface area is 124 Å². The first kappa shape index (κ1) is 13.3. The summed E-state index contributed by atoms with van der Waals surface area (Å²) >= 11 is 3.23. The third-order valence-electron chi connectivity index (χ3n) is 2.82. The summed E-state index contributed by atoms with van der Waals surface area (Å²) in [6.45, 7) is 3.97. The highest BCUT2D eigenvalue weighted by Crippen LogP contribution is 2.25. The highest BCUT2D eigenvalue weighted by molar-refractivity contribution is 8.00. The molecule has 0 N–H and O–H groups in total. The van der Waals surface area contributed by atoms with E-state index in [2.05, 4.69) is 9.97 Å². The molecule has 102 valence electrons. The first-order chi connectivity index (χ1) is 9.61. The zero-order valence-electron chi connectivity index (χ0n) is 11.2. The van der Waals surface area contributed by atoms with Crippen LogP contribution in [0.5, 0.6) is 0 Å². The van der Waals surface area contributed by atoms with Crippen LogP contribution in [0, 0.1) is 13.8 Å². The van der Waals surface area contributed by atoms with Crippen molar-refractivity contribution in [3.63, 3.8) is 0 Å². The molecule has 4 nitrogen and oxygen atoms in total. The van der Waals surface area contributed by atoms with Gasteiger partial charge in [0.2, 0.25) is 0 Å². The van der Waals surface area contributed by atoms with E-state index in [4.69, 9.17) is 0 Å². The highest BCUT2D eigenvalue weighted by atomic mass is 32.2. The van der Waals surface area contributed by atoms with Crippen molar-refractivity contribution in [3.05, 3.63) is 57.1 Å². The summed E-state index contributed by atoms with van der Waals surface area (Å²) in [5.41, 5.74) is 3.57. The van der Waals surface area contributed by atoms with Crippen molar-refractivity contribution >= 4 is 28.7 Å². The summed E-state index contributed by atoms with van der Waals surface area (Å²) < 4.78 is 2.57. The third kappa shape index (κ3) is 2.76. The fraction of sp³-hybridized carbons (Fsp3) is 0.214. The zero-order chi connectivity index (χ0) is 14.1. The molecule has 0 aromatic carbocycles. The average Bonchev–Trinajstić information content (AvgIpc) is 2.82. The number of aromatic nitrogens is 3. The second kappa shape index (κ2) is 5.38. The van der Waals surface area contributed by atoms with Crippen LogP contribution >= 0.6 is 23.1 Å². The Morgan fingerprint density at radius 2 is 2.15 bits per heavy atom. The first-order valence-electron chi connectivity index (χ1n) is 6.16. The maximum absolute atomic E-state index is 12.0. The van der Waals surface area contributed by atoms with Crippen molar-refractivity contribution in [3.8, 4) is 0 Å². The molecule has 0 bridgehead atoms. The molecule has 0 amide bonds. The van der Waals surface area contributed by atoms with Crippen LogP contribution in [-0.4, -0.2) is 14.4 Å². The molecule has 20 heavy (non-hydrogen) atoms. The van der Waals surface area contributed by atoms with Gasteiger partial charge in [0.1, 0.15) is 9.99 Å². The Balaban J connectivity index is 1.90. The zero-order valence-corrected chi connectivity index (χ0v) is 12.8. The molecule has 3 rings (SSSR count). The van der Waals surface area contributed by atoms with Gasteiger partial charge in [0.15, 0.2) is 0 Å². The summed E-state index contributed by atoms with van der Waals surface area (Å²) in [4.78, 5) is 21.0. The van der Waals surface area contributed by atoms with Crippen molar-refractivity contribution in [2.75, 3.05) is 0 Å². The van der Waals surface area contributed by atoms with Gasteiger partial charge in [-0.2, -0.15) is 0 Å². The quantitative estimate of drug-likeness (QED) is 0.698. The third-order valence-corrected chi connectivity index (χ3v) is 4.99. The van der Waals surface area contributed by atoms with Gasteiger partial charge in [-0.3, -0.25) is 9.20 Å². The summed E-state index contributed by atoms with van der Waals surface area (Å²) in [6.07, 6.45) is 1.76. The largest absolute Gasteiger partial charge is 0.269 e. The monoisotopic (exact) mass is 303 g/mol. The summed E-state index contributed by atoms with van der Waals surface area (Å²) in [5, 5.41) is 2.02. The molecule has 0 fully saturated rings. The molecule has 0 saturated heterocycles. The fourth-order valence-corrected chi connectivity index (χ4v) is 3.60. The normalized spacial score (nSPS) is 11.1. The molecule has 3 heterocycles. The van der Waals surface area contributed by atoms with E-state index in [0.717, 1.165) is 21.3 Å². The smallest absolute Gasteiger partial charge is 0.258 e. The SMILES string of the molecule is Cc1ccn2c(=O)cc(CSc3nc(C)cs3)nc2c1. The number of pyridine rings is 1. The Hall–Kier alpha value is -1.66. The Kier molecular flexibility index (Phi) is 3.58. The summed E-state index contributed by atoms with van der Waals surface area (Å²) in [5.74, 6) is 0.659. The van der Waals surface area contributed by atoms with E-state index in [0.29, 0.717) is 11.4 Å². The average molecular weight is 303 g/mol. The van der Waals surface area contributed by atoms with Crippen molar-refractivity contribution in [2.24, 2.45) is 0 Å². The van der Waals surface area contributed by atoms with Crippen molar-refractivity contribution in [1.82, 2.24) is 14.4 Å². The van der Waals surface area contributed by atoms with Gasteiger partial charge in [-0.05, 0) is 31.5 Å². The van der Waals surface area contributed by atoms with E-state index in [1.54, 1.807) is 39.8 Å². The molecular weight excluding hydrogens is 290 g/mol. The molecule has 0 radical (unpaired) electrons. The molecule has 0 atom stereocenters. The van der Waals surface area contributed by atoms with Crippen LogP contribution in [0.15, 0.2) is 38.9 Å². The maximum Gasteiger partial charge on any atom is 0.258 e. The van der Waals surface area contributed by atoms with E-state index in [-0.39, 0.29) is 5.56 Å². The summed E-state index contributed by atoms with van der Waals surface area (Å²) in [6, 6.07) is 5.42. The number of thioether (sulfide) groups is 1. The number of nitrogens with zero attached hydrogens (tertiary/aromatic N) is 3. The van der Waals surface area contributed by atoms with Gasteiger partial charge in [-0.15, -0.1) is 11.3 Å². The molecular formula is C14H13N3OS2. The topological polar surface area (TPSA) is 47.3 Å². The van der Waals surface area contributed by atoms with Crippen LogP contribution in [0.4, 0.5) is 0 Å². The minimum Gasteiger partial charge on any atom is -0.269 e. The molecule has 0 aliphatic rings. The molecule has 3 aromatic heterocycles. The minimum absolute atomic E-state index is 0.0408. The van der Waals surface area contributed by atoms with E-state index in [1.807, 2.05) is 31.4 Å². The Morgan fingerprint density at radius 3 is 2.90 bits per heavy atom. The molecule has 0 unspecified atom stereocenters. The number of thiazole rings is 1. The number of aryl methyl sites for hydroxylation is 2. The molecule has 0 aliphatic carbocycles. The minimum atomic E-state index is -0.0408. The number of hydrogen-bond donors (Lipinski definition) is 0. The molecule has 6 heteroatoms. The number of rotatable bonds is 3. The molecule has 0 aliphatic heterocycles. The Bertz CT molecular complexity index is 823. The van der Waals surface area contributed by atoms with Gasteiger partial charge in [0.05, 0.1) is 5.69 Å². The summed E-state index contributed by atoms with van der Waals surface area (Å²) in [7, 11) is 0. The molecule has 0 saturated carbocycles. The van der Waals surface area contributed by atoms with E-state index in [9.17, 15) is 4.79 Å². The second-order valence-corrected chi connectivity index (χ2v) is 6.64. The van der Waals surface area contributed by atoms with Crippen molar-refractivity contribution in [1.29, 1.82) is 0 Å². The van der Waals surface area contributed by atoms with Gasteiger partial charge in [0.25, 0.3) is 5.56 Å². The van der Waals surface area contributed by atoms with Gasteiger partial charge < -0.3 is 0 Å². The van der Waals surface area contributed by atoms with Crippen molar-refractivity contribution < 1.29 is 0 Å². The lowest BCUT2D eigenvalue weighted by molar-refractivity contribution is 1.01. The van der Waals surface area contributed by atoms with Crippen LogP contribution in [-0.2, 0) is 5.75 Å². The molecule has 3 aromatic rings. The van der Waals surface area contributed by atoms with Crippen molar-refractivity contribution in [2.45, 2.75) is 23.9 Å². The van der Waals surface area contributed by atoms with Crippen LogP contribution in [0.25, 0.3) is 5.65 Å². The van der Waals surface area contributed by atoms with Crippen LogP contribution < -0.4 is 5.56 Å². The van der Waals surface area contributed by atoms with Gasteiger partial charge >= 0.3 is 0 Å². The lowest BCUT2D eigenvalue weighted by Crippen LogP contribution is -2.15. The van der Waals surface area contributed by atoms with Crippen LogP contribution in [0.1, 0.15) is 17.0 Å². The van der Waals surface area contributed by atoms with E-state index < -0.39 is 0 Å².